The fourth-order valence-electron chi connectivity index (χ4n) is 4.26. The fourth-order valence-corrected chi connectivity index (χ4v) is 4.26. The summed E-state index contributed by atoms with van der Waals surface area (Å²) in [5.74, 6) is -0.627. The van der Waals surface area contributed by atoms with Gasteiger partial charge < -0.3 is 20.3 Å². The highest BCUT2D eigenvalue weighted by molar-refractivity contribution is 6.37. The van der Waals surface area contributed by atoms with Gasteiger partial charge in [-0.25, -0.2) is 4.79 Å². The maximum absolute atomic E-state index is 13.1. The predicted octanol–water partition coefficient (Wildman–Crippen LogP) is 5.64. The number of esters is 1. The van der Waals surface area contributed by atoms with Crippen molar-refractivity contribution in [1.82, 2.24) is 4.90 Å². The van der Waals surface area contributed by atoms with Crippen LogP contribution in [-0.4, -0.2) is 37.0 Å². The second kappa shape index (κ2) is 11.0. The van der Waals surface area contributed by atoms with Crippen LogP contribution in [0.4, 0.5) is 11.4 Å². The standard InChI is InChI=1S/C29H31N3O3/c1-4-17-32(3)19-20-11-14-23(15-12-20)30-27(21-9-7-6-8-10-21)26-24-16-13-22(29(34)35-5-2)18-25(24)31-28(26)33/h6-16,18,30H,4-5,17,19H2,1-3H3,(H,31,33). The van der Waals surface area contributed by atoms with Crippen molar-refractivity contribution >= 4 is 34.5 Å². The summed E-state index contributed by atoms with van der Waals surface area (Å²) in [4.78, 5) is 27.6. The number of nitrogens with zero attached hydrogens (tertiary/aromatic N) is 1. The lowest BCUT2D eigenvalue weighted by Gasteiger charge is -2.17. The van der Waals surface area contributed by atoms with Gasteiger partial charge in [0.2, 0.25) is 0 Å². The maximum Gasteiger partial charge on any atom is 0.338 e. The predicted molar refractivity (Wildman–Crippen MR) is 141 cm³/mol. The Morgan fingerprint density at radius 1 is 0.971 bits per heavy atom. The molecule has 1 amide bonds. The lowest BCUT2D eigenvalue weighted by atomic mass is 9.99. The molecular weight excluding hydrogens is 438 g/mol. The number of carbonyl (C=O) groups is 2. The van der Waals surface area contributed by atoms with Crippen molar-refractivity contribution in [2.24, 2.45) is 0 Å². The van der Waals surface area contributed by atoms with Crippen LogP contribution in [0.25, 0.3) is 11.3 Å². The number of anilines is 2. The second-order valence-electron chi connectivity index (χ2n) is 8.61. The van der Waals surface area contributed by atoms with Crippen molar-refractivity contribution in [3.05, 3.63) is 95.1 Å². The molecule has 1 heterocycles. The highest BCUT2D eigenvalue weighted by atomic mass is 16.5. The Kier molecular flexibility index (Phi) is 7.63. The van der Waals surface area contributed by atoms with Gasteiger partial charge >= 0.3 is 5.97 Å². The van der Waals surface area contributed by atoms with Gasteiger partial charge in [-0.05, 0) is 62.3 Å². The third-order valence-electron chi connectivity index (χ3n) is 5.87. The number of hydrogen-bond donors (Lipinski definition) is 2. The zero-order valence-electron chi connectivity index (χ0n) is 20.4. The summed E-state index contributed by atoms with van der Waals surface area (Å²) in [6.45, 7) is 6.18. The van der Waals surface area contributed by atoms with Crippen molar-refractivity contribution in [1.29, 1.82) is 0 Å². The number of carbonyl (C=O) groups excluding carboxylic acids is 2. The van der Waals surface area contributed by atoms with Gasteiger partial charge in [0, 0.05) is 17.8 Å². The lowest BCUT2D eigenvalue weighted by Crippen LogP contribution is -2.18. The molecule has 6 nitrogen and oxygen atoms in total. The van der Waals surface area contributed by atoms with Gasteiger partial charge in [0.25, 0.3) is 5.91 Å². The van der Waals surface area contributed by atoms with Crippen LogP contribution in [-0.2, 0) is 16.1 Å². The summed E-state index contributed by atoms with van der Waals surface area (Å²) in [5, 5.41) is 6.40. The van der Waals surface area contributed by atoms with Crippen molar-refractivity contribution in [2.45, 2.75) is 26.8 Å². The summed E-state index contributed by atoms with van der Waals surface area (Å²) in [5.41, 5.74) is 6.01. The van der Waals surface area contributed by atoms with Crippen LogP contribution in [0.5, 0.6) is 0 Å². The van der Waals surface area contributed by atoms with E-state index in [0.29, 0.717) is 29.1 Å². The molecule has 1 aliphatic heterocycles. The molecule has 0 bridgehead atoms. The first kappa shape index (κ1) is 24.2. The minimum Gasteiger partial charge on any atom is -0.462 e. The van der Waals surface area contributed by atoms with Crippen LogP contribution in [0.2, 0.25) is 0 Å². The number of nitrogens with one attached hydrogen (secondary N) is 2. The van der Waals surface area contributed by atoms with E-state index < -0.39 is 5.97 Å². The van der Waals surface area contributed by atoms with E-state index in [1.54, 1.807) is 25.1 Å². The molecule has 0 fully saturated rings. The van der Waals surface area contributed by atoms with Crippen LogP contribution < -0.4 is 10.6 Å². The van der Waals surface area contributed by atoms with Gasteiger partial charge in [0.15, 0.2) is 0 Å². The molecule has 4 rings (SSSR count). The number of fused-ring (bicyclic) bond motifs is 1. The molecule has 6 heteroatoms. The average molecular weight is 470 g/mol. The smallest absolute Gasteiger partial charge is 0.338 e. The Bertz CT molecular complexity index is 1230. The van der Waals surface area contributed by atoms with Crippen LogP contribution >= 0.6 is 0 Å². The van der Waals surface area contributed by atoms with Crippen molar-refractivity contribution in [3.63, 3.8) is 0 Å². The molecule has 3 aromatic carbocycles. The zero-order valence-corrected chi connectivity index (χ0v) is 20.4. The van der Waals surface area contributed by atoms with Crippen LogP contribution in [0, 0.1) is 0 Å². The summed E-state index contributed by atoms with van der Waals surface area (Å²) in [6, 6.07) is 23.2. The number of amides is 1. The van der Waals surface area contributed by atoms with E-state index in [0.717, 1.165) is 36.3 Å². The van der Waals surface area contributed by atoms with E-state index in [1.165, 1.54) is 5.56 Å². The van der Waals surface area contributed by atoms with E-state index in [9.17, 15) is 9.59 Å². The van der Waals surface area contributed by atoms with Gasteiger partial charge in [-0.2, -0.15) is 0 Å². The molecule has 2 N–H and O–H groups in total. The first-order chi connectivity index (χ1) is 17.0. The average Bonchev–Trinajstić information content (AvgIpc) is 3.19. The van der Waals surface area contributed by atoms with Crippen molar-refractivity contribution in [2.75, 3.05) is 30.8 Å². The molecule has 0 saturated heterocycles. The number of ether oxygens (including phenoxy) is 1. The third kappa shape index (κ3) is 5.61. The van der Waals surface area contributed by atoms with Crippen molar-refractivity contribution < 1.29 is 14.3 Å². The lowest BCUT2D eigenvalue weighted by molar-refractivity contribution is -0.110. The van der Waals surface area contributed by atoms with Gasteiger partial charge in [0.05, 0.1) is 29.1 Å². The quantitative estimate of drug-likeness (QED) is 0.314. The minimum atomic E-state index is -0.409. The molecule has 0 unspecified atom stereocenters. The van der Waals surface area contributed by atoms with Crippen LogP contribution in [0.3, 0.4) is 0 Å². The highest BCUT2D eigenvalue weighted by Gasteiger charge is 2.29. The SMILES string of the molecule is CCCN(C)Cc1ccc(NC(=C2C(=O)Nc3cc(C(=O)OCC)ccc32)c2ccccc2)cc1. The largest absolute Gasteiger partial charge is 0.462 e. The third-order valence-corrected chi connectivity index (χ3v) is 5.87. The molecule has 0 saturated carbocycles. The van der Waals surface area contributed by atoms with Gasteiger partial charge in [-0.3, -0.25) is 4.79 Å². The van der Waals surface area contributed by atoms with E-state index in [2.05, 4.69) is 41.6 Å². The Hall–Kier alpha value is -3.90. The first-order valence-electron chi connectivity index (χ1n) is 12.0. The van der Waals surface area contributed by atoms with Crippen LogP contribution in [0.15, 0.2) is 72.8 Å². The zero-order chi connectivity index (χ0) is 24.8. The summed E-state index contributed by atoms with van der Waals surface area (Å²) in [7, 11) is 2.12. The number of rotatable bonds is 9. The molecule has 0 atom stereocenters. The van der Waals surface area contributed by atoms with E-state index in [4.69, 9.17) is 4.74 Å². The molecular formula is C29H31N3O3. The summed E-state index contributed by atoms with van der Waals surface area (Å²) in [6.07, 6.45) is 1.12. The molecule has 0 aromatic heterocycles. The number of hydrogen-bond acceptors (Lipinski definition) is 5. The molecule has 0 radical (unpaired) electrons. The molecule has 180 valence electrons. The summed E-state index contributed by atoms with van der Waals surface area (Å²) < 4.78 is 5.11. The van der Waals surface area contributed by atoms with Gasteiger partial charge in [-0.15, -0.1) is 0 Å². The van der Waals surface area contributed by atoms with Gasteiger partial charge in [-0.1, -0.05) is 55.5 Å². The highest BCUT2D eigenvalue weighted by Crippen LogP contribution is 2.38. The monoisotopic (exact) mass is 469 g/mol. The summed E-state index contributed by atoms with van der Waals surface area (Å²) >= 11 is 0. The van der Waals surface area contributed by atoms with Gasteiger partial charge in [0.1, 0.15) is 0 Å². The molecule has 1 aliphatic rings. The molecule has 0 aliphatic carbocycles. The minimum absolute atomic E-state index is 0.217. The fraction of sp³-hybridized carbons (Fsp3) is 0.241. The molecule has 35 heavy (non-hydrogen) atoms. The normalized spacial score (nSPS) is 13.9. The second-order valence-corrected chi connectivity index (χ2v) is 8.61. The van der Waals surface area contributed by atoms with Crippen molar-refractivity contribution in [3.8, 4) is 0 Å². The molecule has 3 aromatic rings. The maximum atomic E-state index is 13.1. The Morgan fingerprint density at radius 3 is 2.40 bits per heavy atom. The Morgan fingerprint density at radius 2 is 1.71 bits per heavy atom. The Balaban J connectivity index is 1.70. The number of benzene rings is 3. The van der Waals surface area contributed by atoms with E-state index in [1.807, 2.05) is 42.5 Å². The first-order valence-corrected chi connectivity index (χ1v) is 12.0. The molecule has 0 spiro atoms. The van der Waals surface area contributed by atoms with Crippen LogP contribution in [0.1, 0.15) is 47.3 Å². The topological polar surface area (TPSA) is 70.7 Å². The van der Waals surface area contributed by atoms with E-state index >= 15 is 0 Å². The Labute approximate surface area is 206 Å². The van der Waals surface area contributed by atoms with E-state index in [-0.39, 0.29) is 5.91 Å².